The van der Waals surface area contributed by atoms with E-state index in [4.69, 9.17) is 9.47 Å². The third-order valence-electron chi connectivity index (χ3n) is 2.99. The lowest BCUT2D eigenvalue weighted by atomic mass is 10.2. The van der Waals surface area contributed by atoms with Crippen molar-refractivity contribution in [3.8, 4) is 11.5 Å². The molecule has 2 aromatic rings. The van der Waals surface area contributed by atoms with E-state index >= 15 is 0 Å². The number of rotatable bonds is 8. The summed E-state index contributed by atoms with van der Waals surface area (Å²) in [6.45, 7) is 2.26. The van der Waals surface area contributed by atoms with Gasteiger partial charge in [-0.1, -0.05) is 12.1 Å². The Morgan fingerprint density at radius 2 is 1.88 bits per heavy atom. The molecule has 0 aliphatic carbocycles. The largest absolute Gasteiger partial charge is 0.494 e. The highest BCUT2D eigenvalue weighted by Crippen LogP contribution is 2.17. The van der Waals surface area contributed by atoms with Crippen LogP contribution in [0.2, 0.25) is 0 Å². The van der Waals surface area contributed by atoms with Gasteiger partial charge in [0, 0.05) is 17.7 Å². The quantitative estimate of drug-likeness (QED) is 0.451. The van der Waals surface area contributed by atoms with Crippen LogP contribution in [0.1, 0.15) is 12.5 Å². The van der Waals surface area contributed by atoms with E-state index in [9.17, 15) is 14.9 Å². The lowest BCUT2D eigenvalue weighted by Gasteiger charge is -2.06. The minimum Gasteiger partial charge on any atom is -0.494 e. The summed E-state index contributed by atoms with van der Waals surface area (Å²) < 4.78 is 10.6. The van der Waals surface area contributed by atoms with Gasteiger partial charge in [0.05, 0.1) is 17.7 Å². The summed E-state index contributed by atoms with van der Waals surface area (Å²) in [4.78, 5) is 21.8. The van der Waals surface area contributed by atoms with Gasteiger partial charge < -0.3 is 9.47 Å². The van der Waals surface area contributed by atoms with Gasteiger partial charge >= 0.3 is 0 Å². The molecule has 8 nitrogen and oxygen atoms in total. The average molecular weight is 343 g/mol. The van der Waals surface area contributed by atoms with Gasteiger partial charge in [-0.25, -0.2) is 5.43 Å². The number of carbonyl (C=O) groups excluding carboxylic acids is 1. The highest BCUT2D eigenvalue weighted by atomic mass is 16.6. The molecule has 8 heteroatoms. The molecule has 0 aromatic heterocycles. The van der Waals surface area contributed by atoms with E-state index in [0.29, 0.717) is 17.9 Å². The van der Waals surface area contributed by atoms with Crippen LogP contribution in [-0.4, -0.2) is 30.3 Å². The molecule has 2 aromatic carbocycles. The number of nitro groups is 1. The number of hydrazone groups is 1. The van der Waals surface area contributed by atoms with E-state index in [1.807, 2.05) is 6.92 Å². The molecule has 0 heterocycles. The van der Waals surface area contributed by atoms with Crippen molar-refractivity contribution in [1.82, 2.24) is 5.43 Å². The Balaban J connectivity index is 1.80. The zero-order chi connectivity index (χ0) is 18.1. The maximum absolute atomic E-state index is 11.7. The first kappa shape index (κ1) is 17.9. The predicted octanol–water partition coefficient (Wildman–Crippen LogP) is 2.52. The molecule has 0 unspecified atom stereocenters. The zero-order valence-electron chi connectivity index (χ0n) is 13.5. The SMILES string of the molecule is CCOc1ccc(OCC(=O)N/N=C/c2cccc([N+](=O)[O-])c2)cc1. The molecule has 0 bridgehead atoms. The smallest absolute Gasteiger partial charge is 0.277 e. The van der Waals surface area contributed by atoms with Crippen molar-refractivity contribution >= 4 is 17.8 Å². The molecule has 0 atom stereocenters. The predicted molar refractivity (Wildman–Crippen MR) is 91.9 cm³/mol. The number of nitro benzene ring substituents is 1. The second kappa shape index (κ2) is 9.02. The van der Waals surface area contributed by atoms with E-state index in [1.54, 1.807) is 30.3 Å². The fourth-order valence-electron chi connectivity index (χ4n) is 1.88. The summed E-state index contributed by atoms with van der Waals surface area (Å²) >= 11 is 0. The molecule has 0 saturated carbocycles. The molecule has 0 radical (unpaired) electrons. The van der Waals surface area contributed by atoms with E-state index in [-0.39, 0.29) is 12.3 Å². The van der Waals surface area contributed by atoms with Crippen molar-refractivity contribution in [1.29, 1.82) is 0 Å². The van der Waals surface area contributed by atoms with E-state index in [0.717, 1.165) is 5.75 Å². The van der Waals surface area contributed by atoms with Crippen molar-refractivity contribution in [2.45, 2.75) is 6.92 Å². The molecule has 0 spiro atoms. The van der Waals surface area contributed by atoms with Crippen molar-refractivity contribution in [3.05, 3.63) is 64.2 Å². The first-order valence-corrected chi connectivity index (χ1v) is 7.50. The van der Waals surface area contributed by atoms with Gasteiger partial charge in [-0.15, -0.1) is 0 Å². The maximum atomic E-state index is 11.7. The number of hydrogen-bond acceptors (Lipinski definition) is 6. The second-order valence-corrected chi connectivity index (χ2v) is 4.84. The third-order valence-corrected chi connectivity index (χ3v) is 2.99. The zero-order valence-corrected chi connectivity index (χ0v) is 13.5. The summed E-state index contributed by atoms with van der Waals surface area (Å²) in [7, 11) is 0. The van der Waals surface area contributed by atoms with Crippen LogP contribution in [0.4, 0.5) is 5.69 Å². The average Bonchev–Trinajstić information content (AvgIpc) is 2.61. The molecule has 0 saturated heterocycles. The third kappa shape index (κ3) is 5.94. The number of amides is 1. The fourth-order valence-corrected chi connectivity index (χ4v) is 1.88. The van der Waals surface area contributed by atoms with Gasteiger partial charge in [0.1, 0.15) is 11.5 Å². The van der Waals surface area contributed by atoms with E-state index in [1.165, 1.54) is 24.4 Å². The summed E-state index contributed by atoms with van der Waals surface area (Å²) in [6, 6.07) is 12.8. The molecule has 25 heavy (non-hydrogen) atoms. The van der Waals surface area contributed by atoms with Crippen LogP contribution < -0.4 is 14.9 Å². The summed E-state index contributed by atoms with van der Waals surface area (Å²) in [5.41, 5.74) is 2.75. The highest BCUT2D eigenvalue weighted by molar-refractivity contribution is 5.83. The van der Waals surface area contributed by atoms with Crippen molar-refractivity contribution in [2.75, 3.05) is 13.2 Å². The number of non-ortho nitro benzene ring substituents is 1. The Morgan fingerprint density at radius 3 is 2.52 bits per heavy atom. The van der Waals surface area contributed by atoms with Gasteiger partial charge in [-0.3, -0.25) is 14.9 Å². The highest BCUT2D eigenvalue weighted by Gasteiger charge is 2.05. The normalized spacial score (nSPS) is 10.4. The van der Waals surface area contributed by atoms with Crippen LogP contribution in [0.15, 0.2) is 53.6 Å². The van der Waals surface area contributed by atoms with Crippen molar-refractivity contribution in [3.63, 3.8) is 0 Å². The number of carbonyl (C=O) groups is 1. The summed E-state index contributed by atoms with van der Waals surface area (Å²) in [6.07, 6.45) is 1.32. The van der Waals surface area contributed by atoms with Gasteiger partial charge in [-0.2, -0.15) is 5.10 Å². The maximum Gasteiger partial charge on any atom is 0.277 e. The van der Waals surface area contributed by atoms with Gasteiger partial charge in [0.15, 0.2) is 6.61 Å². The van der Waals surface area contributed by atoms with Crippen LogP contribution in [0, 0.1) is 10.1 Å². The molecule has 1 amide bonds. The Morgan fingerprint density at radius 1 is 1.20 bits per heavy atom. The molecule has 0 aliphatic heterocycles. The first-order chi connectivity index (χ1) is 12.1. The second-order valence-electron chi connectivity index (χ2n) is 4.84. The van der Waals surface area contributed by atoms with Gasteiger partial charge in [0.2, 0.25) is 0 Å². The number of nitrogens with one attached hydrogen (secondary N) is 1. The first-order valence-electron chi connectivity index (χ1n) is 7.50. The van der Waals surface area contributed by atoms with E-state index in [2.05, 4.69) is 10.5 Å². The number of benzene rings is 2. The standard InChI is InChI=1S/C17H17N3O5/c1-2-24-15-6-8-16(9-7-15)25-12-17(21)19-18-11-13-4-3-5-14(10-13)20(22)23/h3-11H,2,12H2,1H3,(H,19,21)/b18-11+. The topological polar surface area (TPSA) is 103 Å². The van der Waals surface area contributed by atoms with E-state index < -0.39 is 10.8 Å². The minimum absolute atomic E-state index is 0.0471. The Labute approximate surface area is 144 Å². The number of nitrogens with zero attached hydrogens (tertiary/aromatic N) is 2. The fraction of sp³-hybridized carbons (Fsp3) is 0.176. The van der Waals surface area contributed by atoms with Crippen molar-refractivity contribution in [2.24, 2.45) is 5.10 Å². The number of ether oxygens (including phenoxy) is 2. The monoisotopic (exact) mass is 343 g/mol. The van der Waals surface area contributed by atoms with Crippen LogP contribution in [0.25, 0.3) is 0 Å². The van der Waals surface area contributed by atoms with Crippen LogP contribution in [0.5, 0.6) is 11.5 Å². The van der Waals surface area contributed by atoms with Crippen LogP contribution in [0.3, 0.4) is 0 Å². The molecule has 2 rings (SSSR count). The molecule has 1 N–H and O–H groups in total. The number of hydrogen-bond donors (Lipinski definition) is 1. The molecule has 0 aliphatic rings. The Kier molecular flexibility index (Phi) is 6.47. The molecule has 130 valence electrons. The molecular formula is C17H17N3O5. The Hall–Kier alpha value is -3.42. The van der Waals surface area contributed by atoms with Gasteiger partial charge in [-0.05, 0) is 31.2 Å². The van der Waals surface area contributed by atoms with Crippen molar-refractivity contribution < 1.29 is 19.2 Å². The Bertz CT molecular complexity index is 759. The molecular weight excluding hydrogens is 326 g/mol. The van der Waals surface area contributed by atoms with Gasteiger partial charge in [0.25, 0.3) is 11.6 Å². The summed E-state index contributed by atoms with van der Waals surface area (Å²) in [5.74, 6) is 0.803. The minimum atomic E-state index is -0.499. The van der Waals surface area contributed by atoms with Crippen LogP contribution >= 0.6 is 0 Å². The van der Waals surface area contributed by atoms with Crippen LogP contribution in [-0.2, 0) is 4.79 Å². The lowest BCUT2D eigenvalue weighted by Crippen LogP contribution is -2.24. The summed E-state index contributed by atoms with van der Waals surface area (Å²) in [5, 5.41) is 14.4. The molecule has 0 fully saturated rings. The lowest BCUT2D eigenvalue weighted by molar-refractivity contribution is -0.384.